The van der Waals surface area contributed by atoms with Gasteiger partial charge in [0, 0.05) is 6.04 Å². The van der Waals surface area contributed by atoms with Crippen LogP contribution in [0.4, 0.5) is 0 Å². The Kier molecular flexibility index (Phi) is 16.1. The van der Waals surface area contributed by atoms with Gasteiger partial charge in [0.05, 0.1) is 0 Å². The number of hydrogen-bond acceptors (Lipinski definition) is 2. The van der Waals surface area contributed by atoms with E-state index in [9.17, 15) is 0 Å². The average molecular weight is 448 g/mol. The molecule has 0 aromatic heterocycles. The monoisotopic (exact) mass is 447 g/mol. The Morgan fingerprint density at radius 3 is 1.75 bits per heavy atom. The molecule has 0 bridgehead atoms. The van der Waals surface area contributed by atoms with Crippen molar-refractivity contribution < 1.29 is 0 Å². The molecule has 4 atom stereocenters. The second kappa shape index (κ2) is 18.3. The Hall–Kier alpha value is -0.0800. The van der Waals surface area contributed by atoms with E-state index < -0.39 is 0 Å². The van der Waals surface area contributed by atoms with Gasteiger partial charge in [-0.25, -0.2) is 0 Å². The molecule has 2 aliphatic rings. The summed E-state index contributed by atoms with van der Waals surface area (Å²) in [5.74, 6) is 4.28. The molecule has 2 saturated carbocycles. The number of rotatable bonds is 5. The molecule has 0 aliphatic heterocycles. The Balaban J connectivity index is 2.16. The molecule has 4 unspecified atom stereocenters. The molecule has 2 heteroatoms. The standard InChI is InChI=1S/C30H59N2/c1-26(32)29-22-16-12-8-4-5-9-13-17-23-30(29)28-21-15-11-7-3-2-6-10-14-19-27(25-28)20-18-24-31/h26-27,29-30H,2-25,31-32H2,1H3. The van der Waals surface area contributed by atoms with Crippen molar-refractivity contribution in [3.8, 4) is 0 Å². The zero-order valence-electron chi connectivity index (χ0n) is 21.9. The summed E-state index contributed by atoms with van der Waals surface area (Å²) in [7, 11) is 0. The average Bonchev–Trinajstić information content (AvgIpc) is 2.79. The van der Waals surface area contributed by atoms with Gasteiger partial charge in [0.1, 0.15) is 0 Å². The third-order valence-electron chi connectivity index (χ3n) is 8.75. The van der Waals surface area contributed by atoms with Gasteiger partial charge in [-0.1, -0.05) is 109 Å². The van der Waals surface area contributed by atoms with Crippen molar-refractivity contribution in [3.63, 3.8) is 0 Å². The highest BCUT2D eigenvalue weighted by atomic mass is 14.6. The van der Waals surface area contributed by atoms with Gasteiger partial charge in [-0.15, -0.1) is 0 Å². The summed E-state index contributed by atoms with van der Waals surface area (Å²) in [5.41, 5.74) is 12.7. The Morgan fingerprint density at radius 1 is 0.688 bits per heavy atom. The second-order valence-electron chi connectivity index (χ2n) is 11.6. The summed E-state index contributed by atoms with van der Waals surface area (Å²) in [6, 6.07) is 0.336. The maximum atomic E-state index is 6.72. The summed E-state index contributed by atoms with van der Waals surface area (Å²) in [5, 5.41) is 0. The van der Waals surface area contributed by atoms with Gasteiger partial charge >= 0.3 is 0 Å². The lowest BCUT2D eigenvalue weighted by Crippen LogP contribution is -2.36. The SMILES string of the molecule is CC(N)C1CCCCCCCCCCC1[C]1CCCCCCCCCCC(CCCN)C1. The molecule has 0 amide bonds. The highest BCUT2D eigenvalue weighted by Gasteiger charge is 2.32. The van der Waals surface area contributed by atoms with E-state index in [2.05, 4.69) is 6.92 Å². The summed E-state index contributed by atoms with van der Waals surface area (Å²) in [4.78, 5) is 0. The van der Waals surface area contributed by atoms with Crippen LogP contribution in [0.15, 0.2) is 0 Å². The predicted octanol–water partition coefficient (Wildman–Crippen LogP) is 8.71. The molecular weight excluding hydrogens is 388 g/mol. The maximum Gasteiger partial charge on any atom is 0.00416 e. The topological polar surface area (TPSA) is 52.0 Å². The minimum atomic E-state index is 0.336. The molecule has 2 fully saturated rings. The fourth-order valence-electron chi connectivity index (χ4n) is 6.77. The lowest BCUT2D eigenvalue weighted by atomic mass is 9.68. The molecular formula is C30H59N2. The van der Waals surface area contributed by atoms with Crippen LogP contribution >= 0.6 is 0 Å². The van der Waals surface area contributed by atoms with E-state index >= 15 is 0 Å². The third-order valence-corrected chi connectivity index (χ3v) is 8.75. The fraction of sp³-hybridized carbons (Fsp3) is 0.967. The van der Waals surface area contributed by atoms with Crippen LogP contribution in [0, 0.1) is 23.7 Å². The maximum absolute atomic E-state index is 6.72. The highest BCUT2D eigenvalue weighted by molar-refractivity contribution is 5.02. The van der Waals surface area contributed by atoms with Gasteiger partial charge in [-0.05, 0) is 75.7 Å². The normalized spacial score (nSPS) is 30.7. The quantitative estimate of drug-likeness (QED) is 0.442. The van der Waals surface area contributed by atoms with Gasteiger partial charge < -0.3 is 11.5 Å². The third kappa shape index (κ3) is 11.9. The molecule has 1 radical (unpaired) electrons. The zero-order valence-corrected chi connectivity index (χ0v) is 21.9. The van der Waals surface area contributed by atoms with Crippen LogP contribution in [0.3, 0.4) is 0 Å². The first-order chi connectivity index (χ1) is 15.7. The highest BCUT2D eigenvalue weighted by Crippen LogP contribution is 2.42. The molecule has 189 valence electrons. The van der Waals surface area contributed by atoms with Crippen molar-refractivity contribution in [2.45, 2.75) is 161 Å². The zero-order chi connectivity index (χ0) is 22.9. The Labute approximate surface area is 202 Å². The van der Waals surface area contributed by atoms with Crippen LogP contribution in [0.25, 0.3) is 0 Å². The van der Waals surface area contributed by atoms with Crippen LogP contribution < -0.4 is 11.5 Å². The van der Waals surface area contributed by atoms with Crippen molar-refractivity contribution >= 4 is 0 Å². The van der Waals surface area contributed by atoms with E-state index in [4.69, 9.17) is 11.5 Å². The number of hydrogen-bond donors (Lipinski definition) is 2. The van der Waals surface area contributed by atoms with E-state index in [1.807, 2.05) is 5.92 Å². The Bertz CT molecular complexity index is 421. The van der Waals surface area contributed by atoms with E-state index in [1.165, 1.54) is 148 Å². The fourth-order valence-corrected chi connectivity index (χ4v) is 6.77. The molecule has 2 aliphatic carbocycles. The van der Waals surface area contributed by atoms with E-state index in [0.717, 1.165) is 18.4 Å². The first-order valence-electron chi connectivity index (χ1n) is 15.0. The minimum absolute atomic E-state index is 0.336. The molecule has 32 heavy (non-hydrogen) atoms. The lowest BCUT2D eigenvalue weighted by Gasteiger charge is -2.38. The molecule has 2 nitrogen and oxygen atoms in total. The van der Waals surface area contributed by atoms with Gasteiger partial charge in [-0.2, -0.15) is 0 Å². The van der Waals surface area contributed by atoms with Crippen molar-refractivity contribution in [1.82, 2.24) is 0 Å². The molecule has 0 heterocycles. The molecule has 0 aromatic carbocycles. The van der Waals surface area contributed by atoms with Crippen LogP contribution in [0.2, 0.25) is 0 Å². The molecule has 0 aromatic rings. The summed E-state index contributed by atoms with van der Waals surface area (Å²) in [6.45, 7) is 3.17. The first-order valence-corrected chi connectivity index (χ1v) is 15.0. The van der Waals surface area contributed by atoms with Gasteiger partial charge in [0.2, 0.25) is 0 Å². The van der Waals surface area contributed by atoms with Crippen molar-refractivity contribution in [1.29, 1.82) is 0 Å². The molecule has 4 N–H and O–H groups in total. The van der Waals surface area contributed by atoms with Crippen LogP contribution in [-0.2, 0) is 0 Å². The predicted molar refractivity (Wildman–Crippen MR) is 143 cm³/mol. The van der Waals surface area contributed by atoms with Crippen LogP contribution in [-0.4, -0.2) is 12.6 Å². The van der Waals surface area contributed by atoms with Gasteiger partial charge in [-0.3, -0.25) is 0 Å². The van der Waals surface area contributed by atoms with Crippen molar-refractivity contribution in [3.05, 3.63) is 5.92 Å². The summed E-state index contributed by atoms with van der Waals surface area (Å²) < 4.78 is 0. The van der Waals surface area contributed by atoms with Crippen LogP contribution in [0.5, 0.6) is 0 Å². The molecule has 0 spiro atoms. The summed E-state index contributed by atoms with van der Waals surface area (Å²) >= 11 is 0. The summed E-state index contributed by atoms with van der Waals surface area (Å²) in [6.07, 6.45) is 32.5. The van der Waals surface area contributed by atoms with Gasteiger partial charge in [0.15, 0.2) is 0 Å². The van der Waals surface area contributed by atoms with E-state index in [0.29, 0.717) is 12.0 Å². The second-order valence-corrected chi connectivity index (χ2v) is 11.6. The van der Waals surface area contributed by atoms with E-state index in [-0.39, 0.29) is 0 Å². The van der Waals surface area contributed by atoms with Crippen molar-refractivity contribution in [2.24, 2.45) is 29.2 Å². The first kappa shape index (κ1) is 28.2. The minimum Gasteiger partial charge on any atom is -0.330 e. The molecule has 0 saturated heterocycles. The number of nitrogens with two attached hydrogens (primary N) is 2. The molecule has 2 rings (SSSR count). The largest absolute Gasteiger partial charge is 0.330 e. The van der Waals surface area contributed by atoms with E-state index in [1.54, 1.807) is 0 Å². The Morgan fingerprint density at radius 2 is 1.19 bits per heavy atom. The van der Waals surface area contributed by atoms with Gasteiger partial charge in [0.25, 0.3) is 0 Å². The smallest absolute Gasteiger partial charge is 0.00416 e. The lowest BCUT2D eigenvalue weighted by molar-refractivity contribution is 0.224. The van der Waals surface area contributed by atoms with Crippen molar-refractivity contribution in [2.75, 3.05) is 6.54 Å². The van der Waals surface area contributed by atoms with Crippen LogP contribution in [0.1, 0.15) is 155 Å².